The summed E-state index contributed by atoms with van der Waals surface area (Å²) in [7, 11) is 0. The topological polar surface area (TPSA) is 20.2 Å². The average Bonchev–Trinajstić information content (AvgIpc) is 3.40. The van der Waals surface area contributed by atoms with Crippen molar-refractivity contribution in [2.75, 3.05) is 0 Å². The Kier molecular flexibility index (Phi) is 17.9. The van der Waals surface area contributed by atoms with Crippen LogP contribution in [0.5, 0.6) is 5.75 Å². The Labute approximate surface area is 267 Å². The second kappa shape index (κ2) is 17.8. The van der Waals surface area contributed by atoms with Crippen molar-refractivity contribution >= 4 is 40.8 Å². The quantitative estimate of drug-likeness (QED) is 0.131. The summed E-state index contributed by atoms with van der Waals surface area (Å²) in [6.07, 6.45) is 0. The molecule has 0 aliphatic rings. The van der Waals surface area contributed by atoms with E-state index in [0.717, 1.165) is 5.56 Å². The molecular weight excluding hydrogens is 603 g/mol. The molecule has 0 aliphatic carbocycles. The van der Waals surface area contributed by atoms with Crippen LogP contribution in [0.1, 0.15) is 63.8 Å². The zero-order chi connectivity index (χ0) is 27.8. The van der Waals surface area contributed by atoms with Gasteiger partial charge in [-0.05, 0) is 28.0 Å². The zero-order valence-corrected chi connectivity index (χ0v) is 30.3. The van der Waals surface area contributed by atoms with E-state index in [9.17, 15) is 5.11 Å². The molecule has 1 N–H and O–H groups in total. The van der Waals surface area contributed by atoms with Crippen molar-refractivity contribution in [2.45, 2.75) is 66.2 Å². The van der Waals surface area contributed by atoms with Crippen molar-refractivity contribution in [3.8, 4) is 5.75 Å². The molecule has 0 saturated heterocycles. The third-order valence-corrected chi connectivity index (χ3v) is 6.20. The Bertz CT molecular complexity index is 1280. The summed E-state index contributed by atoms with van der Waals surface area (Å²) in [6.45, 7) is 20.2. The number of hydrogen-bond donors (Lipinski definition) is 1. The van der Waals surface area contributed by atoms with Crippen molar-refractivity contribution < 1.29 is 28.4 Å². The van der Waals surface area contributed by atoms with Crippen LogP contribution < -0.4 is 0 Å². The first kappa shape index (κ1) is 40.2. The van der Waals surface area contributed by atoms with Crippen LogP contribution >= 0.6 is 12.4 Å². The van der Waals surface area contributed by atoms with E-state index in [1.54, 1.807) is 6.07 Å². The third kappa shape index (κ3) is 11.9. The van der Waals surface area contributed by atoms with Gasteiger partial charge in [0.25, 0.3) is 0 Å². The first-order valence-corrected chi connectivity index (χ1v) is 16.9. The van der Waals surface area contributed by atoms with Gasteiger partial charge in [-0.15, -0.1) is 93.6 Å². The van der Waals surface area contributed by atoms with Gasteiger partial charge in [-0.25, -0.2) is 0 Å². The van der Waals surface area contributed by atoms with E-state index in [0.29, 0.717) is 5.75 Å². The predicted octanol–water partition coefficient (Wildman–Crippen LogP) is 10.7. The molecule has 5 aromatic rings. The molecule has 1 nitrogen and oxygen atoms in total. The predicted molar refractivity (Wildman–Crippen MR) is 180 cm³/mol. The van der Waals surface area contributed by atoms with Crippen molar-refractivity contribution in [3.63, 3.8) is 0 Å². The number of rotatable bonds is 0. The summed E-state index contributed by atoms with van der Waals surface area (Å²) in [5.41, 5.74) is 5.11. The maximum atomic E-state index is 9.84. The monoisotopic (exact) mass is 648 g/mol. The SMILES string of the molecule is CC(C)(C)c1ccc(O)c(C(C)(C)C)c1.Cc1cc2ccccc2[cH-]1.Cc1cc2ccccc2[cH-]1.Cl.[CH3-].[CH3-].[Si]=[Zr]. The van der Waals surface area contributed by atoms with Gasteiger partial charge in [-0.2, -0.15) is 12.1 Å². The first-order chi connectivity index (χ1) is 17.3. The molecule has 40 heavy (non-hydrogen) atoms. The van der Waals surface area contributed by atoms with Gasteiger partial charge >= 0.3 is 30.2 Å². The number of fused-ring (bicyclic) bond motifs is 2. The Morgan fingerprint density at radius 2 is 1.02 bits per heavy atom. The molecule has 0 amide bonds. The van der Waals surface area contributed by atoms with Gasteiger partial charge in [0.1, 0.15) is 5.75 Å². The van der Waals surface area contributed by atoms with Crippen LogP contribution in [0.15, 0.2) is 91.0 Å². The Morgan fingerprint density at radius 3 is 1.38 bits per heavy atom. The van der Waals surface area contributed by atoms with E-state index < -0.39 is 0 Å². The third-order valence-electron chi connectivity index (χ3n) is 6.20. The molecule has 0 bridgehead atoms. The number of hydrogen-bond acceptors (Lipinski definition) is 1. The minimum absolute atomic E-state index is 0. The van der Waals surface area contributed by atoms with Gasteiger partial charge in [0.2, 0.25) is 0 Å². The molecule has 0 atom stereocenters. The van der Waals surface area contributed by atoms with E-state index >= 15 is 0 Å². The molecule has 0 aromatic heterocycles. The van der Waals surface area contributed by atoms with Crippen molar-refractivity contribution in [1.82, 2.24) is 0 Å². The Morgan fingerprint density at radius 1 is 0.625 bits per heavy atom. The van der Waals surface area contributed by atoms with Gasteiger partial charge < -0.3 is 20.0 Å². The Balaban J connectivity index is 0. The summed E-state index contributed by atoms with van der Waals surface area (Å²) >= 11 is 1.36. The summed E-state index contributed by atoms with van der Waals surface area (Å²) in [4.78, 5) is 0. The summed E-state index contributed by atoms with van der Waals surface area (Å²) in [6, 6.07) is 31.6. The van der Waals surface area contributed by atoms with Crippen LogP contribution in [0, 0.1) is 28.7 Å². The normalized spacial score (nSPS) is 10.2. The van der Waals surface area contributed by atoms with Gasteiger partial charge in [0.15, 0.2) is 0 Å². The van der Waals surface area contributed by atoms with E-state index in [1.165, 1.54) is 61.6 Å². The molecule has 0 fully saturated rings. The standard InChI is InChI=1S/C14H22O.2C10H9.2CH3.ClH.Si.Zr/c1-13(2,3)10-7-8-12(15)11(9-10)14(4,5)6;2*1-8-6-9-4-2-3-5-10(9)7-8;;;;;/h7-9,15H,1-6H3;2*2-7H,1H3;2*1H3;1H;;/q;4*-1;;;. The van der Waals surface area contributed by atoms with Gasteiger partial charge in [0.05, 0.1) is 0 Å². The number of aryl methyl sites for hydroxylation is 2. The van der Waals surface area contributed by atoms with E-state index in [-0.39, 0.29) is 38.1 Å². The fourth-order valence-corrected chi connectivity index (χ4v) is 4.22. The summed E-state index contributed by atoms with van der Waals surface area (Å²) in [5, 5.41) is 15.2. The number of aromatic hydroxyl groups is 1. The average molecular weight is 651 g/mol. The molecule has 4 heteroatoms. The van der Waals surface area contributed by atoms with Crippen LogP contribution in [0.2, 0.25) is 0 Å². The van der Waals surface area contributed by atoms with Crippen molar-refractivity contribution in [3.05, 3.63) is 128 Å². The zero-order valence-electron chi connectivity index (χ0n) is 26.0. The maximum absolute atomic E-state index is 9.84. The van der Waals surface area contributed by atoms with Gasteiger partial charge in [-0.3, -0.25) is 0 Å². The van der Waals surface area contributed by atoms with Gasteiger partial charge in [0, 0.05) is 0 Å². The number of phenols is 1. The summed E-state index contributed by atoms with van der Waals surface area (Å²) < 4.78 is 0. The van der Waals surface area contributed by atoms with Crippen LogP contribution in [0.25, 0.3) is 21.5 Å². The molecule has 0 unspecified atom stereocenters. The Hall–Kier alpha value is -1.93. The molecule has 2 radical (unpaired) electrons. The molecule has 0 heterocycles. The molecule has 5 rings (SSSR count). The van der Waals surface area contributed by atoms with Gasteiger partial charge in [-0.1, -0.05) is 79.7 Å². The molecule has 5 aromatic carbocycles. The fraction of sp³-hybridized carbons (Fsp3) is 0.278. The van der Waals surface area contributed by atoms with Crippen LogP contribution in [0.4, 0.5) is 0 Å². The van der Waals surface area contributed by atoms with E-state index in [2.05, 4.69) is 141 Å². The minimum atomic E-state index is -0.00859. The number of phenolic OH excluding ortho intramolecular Hbond substituents is 1. The fourth-order valence-electron chi connectivity index (χ4n) is 4.22. The number of benzene rings is 3. The van der Waals surface area contributed by atoms with Crippen molar-refractivity contribution in [2.24, 2.45) is 0 Å². The second-order valence-electron chi connectivity index (χ2n) is 11.6. The van der Waals surface area contributed by atoms with Crippen molar-refractivity contribution in [1.29, 1.82) is 0 Å². The van der Waals surface area contributed by atoms with Crippen LogP contribution in [-0.4, -0.2) is 12.0 Å². The molecule has 216 valence electrons. The number of halogens is 1. The van der Waals surface area contributed by atoms with E-state index in [4.69, 9.17) is 0 Å². The summed E-state index contributed by atoms with van der Waals surface area (Å²) in [5.74, 6) is 0.399. The molecule has 0 aliphatic heterocycles. The van der Waals surface area contributed by atoms with E-state index in [1.807, 2.05) is 6.07 Å². The second-order valence-corrected chi connectivity index (χ2v) is 11.6. The molecular formula is C36H47ClOSiZr-4. The van der Waals surface area contributed by atoms with Crippen LogP contribution in [0.3, 0.4) is 0 Å². The first-order valence-electron chi connectivity index (χ1n) is 12.7. The molecule has 0 saturated carbocycles. The van der Waals surface area contributed by atoms with Crippen LogP contribution in [-0.2, 0) is 34.2 Å². The molecule has 0 spiro atoms.